The highest BCUT2D eigenvalue weighted by Crippen LogP contribution is 2.45. The highest BCUT2D eigenvalue weighted by atomic mass is 16.7. The van der Waals surface area contributed by atoms with E-state index in [9.17, 15) is 0 Å². The van der Waals surface area contributed by atoms with E-state index in [0.29, 0.717) is 6.79 Å². The van der Waals surface area contributed by atoms with Gasteiger partial charge in [-0.1, -0.05) is 6.07 Å². The van der Waals surface area contributed by atoms with Crippen molar-refractivity contribution in [2.45, 2.75) is 6.92 Å². The van der Waals surface area contributed by atoms with Crippen LogP contribution in [0.4, 0.5) is 0 Å². The van der Waals surface area contributed by atoms with Crippen molar-refractivity contribution in [1.29, 1.82) is 0 Å². The van der Waals surface area contributed by atoms with Gasteiger partial charge in [-0.15, -0.1) is 0 Å². The first kappa shape index (κ1) is 6.12. The van der Waals surface area contributed by atoms with Crippen LogP contribution >= 0.6 is 0 Å². The molecule has 0 atom stereocenters. The second kappa shape index (κ2) is 1.83. The average molecular weight is 160 g/mol. The zero-order valence-electron chi connectivity index (χ0n) is 6.76. The summed E-state index contributed by atoms with van der Waals surface area (Å²) in [6.07, 6.45) is 2.13. The summed E-state index contributed by atoms with van der Waals surface area (Å²) in [7, 11) is 0. The Morgan fingerprint density at radius 3 is 3.00 bits per heavy atom. The van der Waals surface area contributed by atoms with Gasteiger partial charge in [0.15, 0.2) is 11.5 Å². The lowest BCUT2D eigenvalue weighted by Gasteiger charge is -2.17. The molecule has 3 rings (SSSR count). The van der Waals surface area contributed by atoms with Crippen LogP contribution in [0.3, 0.4) is 0 Å². The molecule has 0 aromatic heterocycles. The Balaban J connectivity index is 2.26. The Labute approximate surface area is 70.4 Å². The van der Waals surface area contributed by atoms with Crippen LogP contribution in [0.5, 0.6) is 11.5 Å². The van der Waals surface area contributed by atoms with E-state index in [4.69, 9.17) is 9.47 Å². The summed E-state index contributed by atoms with van der Waals surface area (Å²) >= 11 is 0. The summed E-state index contributed by atoms with van der Waals surface area (Å²) in [6.45, 7) is 2.46. The molecule has 1 aliphatic heterocycles. The molecule has 0 N–H and O–H groups in total. The van der Waals surface area contributed by atoms with Crippen LogP contribution in [0.15, 0.2) is 12.1 Å². The molecule has 0 bridgehead atoms. The lowest BCUT2D eigenvalue weighted by molar-refractivity contribution is 0.173. The molecule has 1 aromatic carbocycles. The maximum Gasteiger partial charge on any atom is 0.231 e. The SMILES string of the molecule is CC1=Cc2c1ccc1c2OCO1. The van der Waals surface area contributed by atoms with E-state index in [1.165, 1.54) is 16.7 Å². The fraction of sp³-hybridized carbons (Fsp3) is 0.200. The van der Waals surface area contributed by atoms with E-state index in [2.05, 4.69) is 19.1 Å². The van der Waals surface area contributed by atoms with E-state index in [1.807, 2.05) is 6.07 Å². The fourth-order valence-electron chi connectivity index (χ4n) is 1.70. The molecule has 0 spiro atoms. The normalized spacial score (nSPS) is 16.6. The number of allylic oxidation sites excluding steroid dienone is 1. The molecule has 0 unspecified atom stereocenters. The fourth-order valence-corrected chi connectivity index (χ4v) is 1.70. The van der Waals surface area contributed by atoms with Crippen LogP contribution in [0.2, 0.25) is 0 Å². The van der Waals surface area contributed by atoms with Crippen molar-refractivity contribution in [1.82, 2.24) is 0 Å². The Morgan fingerprint density at radius 1 is 1.25 bits per heavy atom. The molecule has 12 heavy (non-hydrogen) atoms. The van der Waals surface area contributed by atoms with Gasteiger partial charge in [0.2, 0.25) is 6.79 Å². The summed E-state index contributed by atoms with van der Waals surface area (Å²) in [6, 6.07) is 4.05. The summed E-state index contributed by atoms with van der Waals surface area (Å²) in [5, 5.41) is 0. The highest BCUT2D eigenvalue weighted by Gasteiger charge is 2.24. The van der Waals surface area contributed by atoms with E-state index in [1.54, 1.807) is 0 Å². The molecule has 0 radical (unpaired) electrons. The molecule has 2 aliphatic rings. The minimum absolute atomic E-state index is 0.360. The minimum atomic E-state index is 0.360. The third kappa shape index (κ3) is 0.560. The van der Waals surface area contributed by atoms with Crippen molar-refractivity contribution in [2.75, 3.05) is 6.79 Å². The Morgan fingerprint density at radius 2 is 2.17 bits per heavy atom. The van der Waals surface area contributed by atoms with Gasteiger partial charge in [0.05, 0.1) is 0 Å². The molecule has 0 amide bonds. The first-order chi connectivity index (χ1) is 5.86. The summed E-state index contributed by atoms with van der Waals surface area (Å²) in [4.78, 5) is 0. The van der Waals surface area contributed by atoms with Gasteiger partial charge < -0.3 is 9.47 Å². The van der Waals surface area contributed by atoms with Crippen molar-refractivity contribution in [3.8, 4) is 11.5 Å². The molecule has 1 aliphatic carbocycles. The number of benzene rings is 1. The maximum absolute atomic E-state index is 5.34. The molecule has 2 heteroatoms. The largest absolute Gasteiger partial charge is 0.454 e. The van der Waals surface area contributed by atoms with Gasteiger partial charge >= 0.3 is 0 Å². The second-order valence-electron chi connectivity index (χ2n) is 3.09. The number of rotatable bonds is 0. The van der Waals surface area contributed by atoms with Crippen LogP contribution < -0.4 is 9.47 Å². The van der Waals surface area contributed by atoms with Crippen LogP contribution in [-0.4, -0.2) is 6.79 Å². The smallest absolute Gasteiger partial charge is 0.231 e. The number of hydrogen-bond acceptors (Lipinski definition) is 2. The van der Waals surface area contributed by atoms with Gasteiger partial charge in [-0.2, -0.15) is 0 Å². The Hall–Kier alpha value is -1.44. The molecule has 0 saturated heterocycles. The van der Waals surface area contributed by atoms with Crippen molar-refractivity contribution in [3.05, 3.63) is 23.3 Å². The van der Waals surface area contributed by atoms with Gasteiger partial charge in [-0.3, -0.25) is 0 Å². The van der Waals surface area contributed by atoms with E-state index >= 15 is 0 Å². The zero-order valence-corrected chi connectivity index (χ0v) is 6.76. The first-order valence-corrected chi connectivity index (χ1v) is 3.97. The van der Waals surface area contributed by atoms with Crippen molar-refractivity contribution in [2.24, 2.45) is 0 Å². The van der Waals surface area contributed by atoms with Crippen molar-refractivity contribution in [3.63, 3.8) is 0 Å². The van der Waals surface area contributed by atoms with Crippen LogP contribution in [-0.2, 0) is 0 Å². The lowest BCUT2D eigenvalue weighted by atomic mass is 9.89. The van der Waals surface area contributed by atoms with Gasteiger partial charge in [-0.05, 0) is 30.2 Å². The van der Waals surface area contributed by atoms with Gasteiger partial charge in [-0.25, -0.2) is 0 Å². The predicted molar refractivity (Wildman–Crippen MR) is 46.1 cm³/mol. The van der Waals surface area contributed by atoms with Crippen LogP contribution in [0.25, 0.3) is 11.6 Å². The monoisotopic (exact) mass is 160 g/mol. The molecule has 1 heterocycles. The topological polar surface area (TPSA) is 18.5 Å². The Kier molecular flexibility index (Phi) is 0.933. The molecule has 0 saturated carbocycles. The Bertz CT molecular complexity index is 391. The summed E-state index contributed by atoms with van der Waals surface area (Å²) in [5.74, 6) is 1.79. The molecule has 2 nitrogen and oxygen atoms in total. The molecule has 1 aromatic rings. The quantitative estimate of drug-likeness (QED) is 0.579. The summed E-state index contributed by atoms with van der Waals surface area (Å²) < 4.78 is 10.6. The molecule has 60 valence electrons. The van der Waals surface area contributed by atoms with Gasteiger partial charge in [0.1, 0.15) is 0 Å². The second-order valence-corrected chi connectivity index (χ2v) is 3.09. The number of fused-ring (bicyclic) bond motifs is 3. The molecular formula is C10H8O2. The van der Waals surface area contributed by atoms with E-state index < -0.39 is 0 Å². The average Bonchev–Trinajstić information content (AvgIpc) is 2.49. The summed E-state index contributed by atoms with van der Waals surface area (Å²) in [5.41, 5.74) is 3.81. The standard InChI is InChI=1S/C10H8O2/c1-6-4-8-7(6)2-3-9-10(8)12-5-11-9/h2-4H,5H2,1H3. The van der Waals surface area contributed by atoms with Crippen molar-refractivity contribution < 1.29 is 9.47 Å². The third-order valence-corrected chi connectivity index (χ3v) is 2.36. The van der Waals surface area contributed by atoms with Crippen LogP contribution in [0, 0.1) is 0 Å². The lowest BCUT2D eigenvalue weighted by Crippen LogP contribution is -1.98. The first-order valence-electron chi connectivity index (χ1n) is 3.97. The molecule has 0 fully saturated rings. The van der Waals surface area contributed by atoms with E-state index in [0.717, 1.165) is 11.5 Å². The van der Waals surface area contributed by atoms with Gasteiger partial charge in [0.25, 0.3) is 0 Å². The third-order valence-electron chi connectivity index (χ3n) is 2.36. The highest BCUT2D eigenvalue weighted by molar-refractivity contribution is 5.97. The minimum Gasteiger partial charge on any atom is -0.454 e. The van der Waals surface area contributed by atoms with E-state index in [-0.39, 0.29) is 0 Å². The van der Waals surface area contributed by atoms with Crippen molar-refractivity contribution >= 4 is 11.6 Å². The van der Waals surface area contributed by atoms with Crippen LogP contribution in [0.1, 0.15) is 18.1 Å². The number of hydrogen-bond donors (Lipinski definition) is 0. The number of ether oxygens (including phenoxy) is 2. The zero-order chi connectivity index (χ0) is 8.13. The van der Waals surface area contributed by atoms with Gasteiger partial charge in [0, 0.05) is 5.56 Å². The predicted octanol–water partition coefficient (Wildman–Crippen LogP) is 2.29. The maximum atomic E-state index is 5.34. The molecular weight excluding hydrogens is 152 g/mol.